The van der Waals surface area contributed by atoms with Gasteiger partial charge in [-0.3, -0.25) is 4.79 Å². The van der Waals surface area contributed by atoms with E-state index in [4.69, 9.17) is 0 Å². The topological polar surface area (TPSA) is 58.6 Å². The Bertz CT molecular complexity index is 1440. The molecule has 3 aromatic carbocycles. The summed E-state index contributed by atoms with van der Waals surface area (Å²) in [5.74, 6) is -0.208. The van der Waals surface area contributed by atoms with Crippen molar-refractivity contribution in [1.82, 2.24) is 15.1 Å². The smallest absolute Gasteiger partial charge is 0.406 e. The highest BCUT2D eigenvalue weighted by molar-refractivity contribution is 6.00. The second-order valence-electron chi connectivity index (χ2n) is 9.13. The first kappa shape index (κ1) is 28.1. The maximum absolute atomic E-state index is 13.4. The summed E-state index contributed by atoms with van der Waals surface area (Å²) < 4.78 is 54.5. The third-order valence-electron chi connectivity index (χ3n) is 6.75. The lowest BCUT2D eigenvalue weighted by Crippen LogP contribution is -2.46. The first-order valence-electron chi connectivity index (χ1n) is 12.1. The molecule has 1 amide bonds. The molecule has 1 saturated heterocycles. The van der Waals surface area contributed by atoms with Crippen LogP contribution >= 0.6 is 12.4 Å². The van der Waals surface area contributed by atoms with E-state index in [2.05, 4.69) is 19.8 Å². The van der Waals surface area contributed by atoms with E-state index in [1.165, 1.54) is 24.3 Å². The molecule has 1 aromatic heterocycles. The predicted molar refractivity (Wildman–Crippen MR) is 143 cm³/mol. The first-order chi connectivity index (χ1) is 18.2. The van der Waals surface area contributed by atoms with E-state index >= 15 is 0 Å². The molecule has 0 unspecified atom stereocenters. The van der Waals surface area contributed by atoms with Crippen LogP contribution in [-0.4, -0.2) is 53.5 Å². The number of aromatic nitrogens is 2. The van der Waals surface area contributed by atoms with Crippen LogP contribution in [-0.2, 0) is 0 Å². The lowest BCUT2D eigenvalue weighted by molar-refractivity contribution is -0.274. The van der Waals surface area contributed by atoms with Crippen molar-refractivity contribution in [2.24, 2.45) is 0 Å². The van der Waals surface area contributed by atoms with Crippen LogP contribution in [0.5, 0.6) is 5.75 Å². The molecular formula is C28H25ClF4N4O2. The minimum atomic E-state index is -4.78. The summed E-state index contributed by atoms with van der Waals surface area (Å²) >= 11 is 0. The second kappa shape index (κ2) is 11.4. The van der Waals surface area contributed by atoms with Crippen LogP contribution in [0, 0.1) is 5.82 Å². The minimum absolute atomic E-state index is 0. The molecule has 0 bridgehead atoms. The molecule has 0 spiro atoms. The Hall–Kier alpha value is -3.92. The van der Waals surface area contributed by atoms with Gasteiger partial charge in [-0.05, 0) is 61.4 Å². The van der Waals surface area contributed by atoms with E-state index in [1.54, 1.807) is 24.1 Å². The number of carbonyl (C=O) groups is 1. The van der Waals surface area contributed by atoms with Gasteiger partial charge in [0.25, 0.3) is 5.91 Å². The fraction of sp³-hybridized carbons (Fsp3) is 0.250. The molecular weight excluding hydrogens is 536 g/mol. The molecule has 39 heavy (non-hydrogen) atoms. The normalized spacial score (nSPS) is 14.1. The maximum Gasteiger partial charge on any atom is 0.573 e. The summed E-state index contributed by atoms with van der Waals surface area (Å²) in [4.78, 5) is 16.7. The van der Waals surface area contributed by atoms with Crippen molar-refractivity contribution in [3.05, 3.63) is 84.2 Å². The number of amides is 1. The van der Waals surface area contributed by atoms with Crippen LogP contribution in [0.15, 0.2) is 72.8 Å². The number of rotatable bonds is 5. The summed E-state index contributed by atoms with van der Waals surface area (Å²) in [7, 11) is 1.70. The number of nitrogens with zero attached hydrogens (tertiary/aromatic N) is 4. The highest BCUT2D eigenvalue weighted by atomic mass is 35.5. The molecule has 5 rings (SSSR count). The molecule has 2 heterocycles. The molecule has 11 heteroatoms. The van der Waals surface area contributed by atoms with E-state index in [9.17, 15) is 22.4 Å². The number of alkyl halides is 3. The number of halogens is 5. The first-order valence-corrected chi connectivity index (χ1v) is 12.1. The van der Waals surface area contributed by atoms with Crippen molar-refractivity contribution in [2.45, 2.75) is 25.2 Å². The number of piperidine rings is 1. The van der Waals surface area contributed by atoms with Crippen molar-refractivity contribution in [2.75, 3.05) is 25.0 Å². The van der Waals surface area contributed by atoms with Gasteiger partial charge in [-0.15, -0.1) is 35.8 Å². The molecule has 0 saturated carbocycles. The van der Waals surface area contributed by atoms with Gasteiger partial charge in [0.15, 0.2) is 5.82 Å². The Kier molecular flexibility index (Phi) is 8.25. The van der Waals surface area contributed by atoms with E-state index in [0.29, 0.717) is 31.6 Å². The third-order valence-corrected chi connectivity index (χ3v) is 6.75. The quantitative estimate of drug-likeness (QED) is 0.261. The average Bonchev–Trinajstić information content (AvgIpc) is 2.92. The molecule has 0 radical (unpaired) electrons. The largest absolute Gasteiger partial charge is 0.573 e. The van der Waals surface area contributed by atoms with Crippen molar-refractivity contribution in [3.63, 3.8) is 0 Å². The van der Waals surface area contributed by atoms with Crippen LogP contribution in [0.25, 0.3) is 22.0 Å². The number of anilines is 1. The molecule has 6 nitrogen and oxygen atoms in total. The molecule has 0 aliphatic carbocycles. The third kappa shape index (κ3) is 6.22. The van der Waals surface area contributed by atoms with Gasteiger partial charge in [0.1, 0.15) is 17.3 Å². The van der Waals surface area contributed by atoms with E-state index in [-0.39, 0.29) is 41.5 Å². The lowest BCUT2D eigenvalue weighted by atomic mass is 10.0. The Morgan fingerprint density at radius 1 is 0.923 bits per heavy atom. The summed E-state index contributed by atoms with van der Waals surface area (Å²) in [5, 5.41) is 10.8. The van der Waals surface area contributed by atoms with Gasteiger partial charge in [0.2, 0.25) is 0 Å². The maximum atomic E-state index is 13.4. The molecule has 0 N–H and O–H groups in total. The number of hydrogen-bond donors (Lipinski definition) is 0. The van der Waals surface area contributed by atoms with E-state index in [0.717, 1.165) is 34.3 Å². The number of carbonyl (C=O) groups excluding carboxylic acids is 1. The predicted octanol–water partition coefficient (Wildman–Crippen LogP) is 6.50. The molecule has 204 valence electrons. The SMILES string of the molecule is CN(C(=O)c1ccc(OC(F)(F)F)cc1)C1CCN(c2nnc(-c3ccc(F)cc3)c3ccccc23)CC1.Cl. The molecule has 1 aliphatic heterocycles. The van der Waals surface area contributed by atoms with E-state index < -0.39 is 6.36 Å². The molecule has 4 aromatic rings. The van der Waals surface area contributed by atoms with E-state index in [1.807, 2.05) is 24.3 Å². The number of hydrogen-bond acceptors (Lipinski definition) is 5. The Morgan fingerprint density at radius 3 is 2.15 bits per heavy atom. The summed E-state index contributed by atoms with van der Waals surface area (Å²) in [6.07, 6.45) is -3.41. The van der Waals surface area contributed by atoms with Crippen LogP contribution in [0.1, 0.15) is 23.2 Å². The number of benzene rings is 3. The summed E-state index contributed by atoms with van der Waals surface area (Å²) in [5.41, 5.74) is 1.74. The van der Waals surface area contributed by atoms with Gasteiger partial charge in [-0.25, -0.2) is 4.39 Å². The number of ether oxygens (including phenoxy) is 1. The van der Waals surface area contributed by atoms with Gasteiger partial charge < -0.3 is 14.5 Å². The highest BCUT2D eigenvalue weighted by Crippen LogP contribution is 2.33. The summed E-state index contributed by atoms with van der Waals surface area (Å²) in [6.45, 7) is 1.30. The molecule has 1 aliphatic rings. The zero-order chi connectivity index (χ0) is 26.9. The fourth-order valence-corrected chi connectivity index (χ4v) is 4.78. The van der Waals surface area contributed by atoms with Crippen molar-refractivity contribution in [3.8, 4) is 17.0 Å². The van der Waals surface area contributed by atoms with Gasteiger partial charge >= 0.3 is 6.36 Å². The van der Waals surface area contributed by atoms with Gasteiger partial charge in [-0.1, -0.05) is 24.3 Å². The van der Waals surface area contributed by atoms with Crippen LogP contribution < -0.4 is 9.64 Å². The Balaban J connectivity index is 0.00000353. The van der Waals surface area contributed by atoms with Crippen molar-refractivity contribution >= 4 is 34.9 Å². The second-order valence-corrected chi connectivity index (χ2v) is 9.13. The van der Waals surface area contributed by atoms with Crippen LogP contribution in [0.3, 0.4) is 0 Å². The fourth-order valence-electron chi connectivity index (χ4n) is 4.78. The van der Waals surface area contributed by atoms with Gasteiger partial charge in [0, 0.05) is 48.1 Å². The van der Waals surface area contributed by atoms with Gasteiger partial charge in [0.05, 0.1) is 0 Å². The Labute approximate surface area is 228 Å². The lowest BCUT2D eigenvalue weighted by Gasteiger charge is -2.37. The molecule has 0 atom stereocenters. The van der Waals surface area contributed by atoms with Crippen molar-refractivity contribution < 1.29 is 27.1 Å². The number of fused-ring (bicyclic) bond motifs is 1. The average molecular weight is 561 g/mol. The minimum Gasteiger partial charge on any atom is -0.406 e. The zero-order valence-electron chi connectivity index (χ0n) is 20.9. The van der Waals surface area contributed by atoms with Crippen LogP contribution in [0.2, 0.25) is 0 Å². The summed E-state index contributed by atoms with van der Waals surface area (Å²) in [6, 6.07) is 18.9. The van der Waals surface area contributed by atoms with Crippen LogP contribution in [0.4, 0.5) is 23.4 Å². The zero-order valence-corrected chi connectivity index (χ0v) is 21.7. The molecule has 1 fully saturated rings. The van der Waals surface area contributed by atoms with Gasteiger partial charge in [-0.2, -0.15) is 0 Å². The Morgan fingerprint density at radius 2 is 1.54 bits per heavy atom. The van der Waals surface area contributed by atoms with Crippen molar-refractivity contribution in [1.29, 1.82) is 0 Å². The highest BCUT2D eigenvalue weighted by Gasteiger charge is 2.31. The standard InChI is InChI=1S/C28H24F4N4O2.ClH/c1-35(27(37)19-8-12-22(13-9-19)38-28(30,31)32)21-14-16-36(17-15-21)26-24-5-3-2-4-23(24)25(33-34-26)18-6-10-20(29)11-7-18;/h2-13,21H,14-17H2,1H3;1H. The monoisotopic (exact) mass is 560 g/mol.